The topological polar surface area (TPSA) is 55.0 Å². The number of rotatable bonds is 2. The molecule has 1 aromatic carbocycles. The molecule has 0 aliphatic carbocycles. The maximum atomic E-state index is 12.6. The Morgan fingerprint density at radius 2 is 2.00 bits per heavy atom. The predicted octanol–water partition coefficient (Wildman–Crippen LogP) is 2.46. The van der Waals surface area contributed by atoms with Crippen LogP contribution < -0.4 is 10.3 Å². The Balaban J connectivity index is 2.60. The molecule has 0 amide bonds. The number of nitrogens with one attached hydrogen (secondary N) is 1. The average Bonchev–Trinajstić information content (AvgIpc) is 2.37. The Bertz CT molecular complexity index is 650. The lowest BCUT2D eigenvalue weighted by atomic mass is 10.0. The van der Waals surface area contributed by atoms with E-state index in [-0.39, 0.29) is 16.9 Å². The Morgan fingerprint density at radius 3 is 2.58 bits per heavy atom. The number of hydrogen-bond donors (Lipinski definition) is 1. The van der Waals surface area contributed by atoms with Gasteiger partial charge in [0.15, 0.2) is 0 Å². The van der Waals surface area contributed by atoms with Crippen LogP contribution in [0.2, 0.25) is 0 Å². The highest BCUT2D eigenvalue weighted by Gasteiger charge is 2.31. The first-order valence-corrected chi connectivity index (χ1v) is 5.22. The summed E-state index contributed by atoms with van der Waals surface area (Å²) in [6.07, 6.45) is -2.00. The van der Waals surface area contributed by atoms with Gasteiger partial charge in [0.25, 0.3) is 5.56 Å². The summed E-state index contributed by atoms with van der Waals surface area (Å²) in [6, 6.07) is 2.93. The molecule has 0 aliphatic rings. The molecule has 0 radical (unpaired) electrons. The van der Waals surface area contributed by atoms with E-state index in [1.54, 1.807) is 0 Å². The van der Waals surface area contributed by atoms with E-state index in [2.05, 4.69) is 9.97 Å². The fraction of sp³-hybridized carbons (Fsp3) is 0.167. The van der Waals surface area contributed by atoms with Gasteiger partial charge < -0.3 is 9.72 Å². The van der Waals surface area contributed by atoms with E-state index < -0.39 is 17.3 Å². The summed E-state index contributed by atoms with van der Waals surface area (Å²) < 4.78 is 42.7. The average molecular weight is 270 g/mol. The molecule has 2 aromatic rings. The van der Waals surface area contributed by atoms with Crippen molar-refractivity contribution < 1.29 is 17.9 Å². The van der Waals surface area contributed by atoms with Gasteiger partial charge in [0.1, 0.15) is 5.75 Å². The van der Waals surface area contributed by atoms with Crippen molar-refractivity contribution in [3.63, 3.8) is 0 Å². The van der Waals surface area contributed by atoms with Crippen LogP contribution in [0.1, 0.15) is 5.56 Å². The molecular formula is C12H9F3N2O2. The van der Waals surface area contributed by atoms with E-state index in [4.69, 9.17) is 4.74 Å². The first-order chi connectivity index (χ1) is 8.93. The first kappa shape index (κ1) is 13.1. The maximum absolute atomic E-state index is 12.6. The van der Waals surface area contributed by atoms with Crippen LogP contribution in [0.25, 0.3) is 11.1 Å². The fourth-order valence-electron chi connectivity index (χ4n) is 1.63. The van der Waals surface area contributed by atoms with E-state index in [1.807, 2.05) is 0 Å². The van der Waals surface area contributed by atoms with Crippen LogP contribution in [0.15, 0.2) is 35.5 Å². The minimum absolute atomic E-state index is 0.0340. The molecule has 0 unspecified atom stereocenters. The number of aromatic amines is 1. The van der Waals surface area contributed by atoms with Gasteiger partial charge in [-0.15, -0.1) is 0 Å². The lowest BCUT2D eigenvalue weighted by Crippen LogP contribution is -2.10. The summed E-state index contributed by atoms with van der Waals surface area (Å²) in [5, 5.41) is 0. The van der Waals surface area contributed by atoms with Crippen molar-refractivity contribution in [3.8, 4) is 16.9 Å². The molecule has 100 valence electrons. The Morgan fingerprint density at radius 1 is 1.26 bits per heavy atom. The standard InChI is InChI=1S/C12H9F3N2O2/c1-19-10-4-7(12(13,14)15)2-3-8(10)9-5-16-6-17-11(9)18/h2-6H,1H3,(H,16,17,18). The van der Waals surface area contributed by atoms with Gasteiger partial charge in [0.2, 0.25) is 0 Å². The van der Waals surface area contributed by atoms with Crippen LogP contribution in [0.5, 0.6) is 5.75 Å². The highest BCUT2D eigenvalue weighted by molar-refractivity contribution is 5.69. The van der Waals surface area contributed by atoms with Gasteiger partial charge in [-0.25, -0.2) is 4.98 Å². The predicted molar refractivity (Wildman–Crippen MR) is 61.8 cm³/mol. The van der Waals surface area contributed by atoms with E-state index in [1.165, 1.54) is 25.7 Å². The lowest BCUT2D eigenvalue weighted by molar-refractivity contribution is -0.137. The molecule has 7 heteroatoms. The van der Waals surface area contributed by atoms with Crippen LogP contribution in [0, 0.1) is 0 Å². The van der Waals surface area contributed by atoms with Crippen LogP contribution in [-0.2, 0) is 6.18 Å². The molecule has 0 spiro atoms. The van der Waals surface area contributed by atoms with E-state index in [0.29, 0.717) is 0 Å². The van der Waals surface area contributed by atoms with Crippen molar-refractivity contribution >= 4 is 0 Å². The largest absolute Gasteiger partial charge is 0.496 e. The van der Waals surface area contributed by atoms with Gasteiger partial charge in [-0.2, -0.15) is 13.2 Å². The highest BCUT2D eigenvalue weighted by Crippen LogP contribution is 2.35. The van der Waals surface area contributed by atoms with E-state index in [0.717, 1.165) is 12.1 Å². The number of nitrogens with zero attached hydrogens (tertiary/aromatic N) is 1. The molecule has 0 aliphatic heterocycles. The molecule has 1 heterocycles. The zero-order valence-electron chi connectivity index (χ0n) is 9.78. The number of hydrogen-bond acceptors (Lipinski definition) is 3. The number of methoxy groups -OCH3 is 1. The van der Waals surface area contributed by atoms with Crippen molar-refractivity contribution in [1.29, 1.82) is 0 Å². The number of halogens is 3. The van der Waals surface area contributed by atoms with Crippen LogP contribution in [0.3, 0.4) is 0 Å². The van der Waals surface area contributed by atoms with Crippen molar-refractivity contribution in [2.75, 3.05) is 7.11 Å². The van der Waals surface area contributed by atoms with Gasteiger partial charge >= 0.3 is 6.18 Å². The number of benzene rings is 1. The quantitative estimate of drug-likeness (QED) is 0.912. The first-order valence-electron chi connectivity index (χ1n) is 5.22. The summed E-state index contributed by atoms with van der Waals surface area (Å²) in [6.45, 7) is 0. The fourth-order valence-corrected chi connectivity index (χ4v) is 1.63. The third kappa shape index (κ3) is 2.59. The monoisotopic (exact) mass is 270 g/mol. The zero-order chi connectivity index (χ0) is 14.0. The van der Waals surface area contributed by atoms with Crippen LogP contribution in [-0.4, -0.2) is 17.1 Å². The second-order valence-corrected chi connectivity index (χ2v) is 3.71. The zero-order valence-corrected chi connectivity index (χ0v) is 9.78. The summed E-state index contributed by atoms with van der Waals surface area (Å²) >= 11 is 0. The van der Waals surface area contributed by atoms with Gasteiger partial charge in [-0.1, -0.05) is 0 Å². The lowest BCUT2D eigenvalue weighted by Gasteiger charge is -2.12. The Kier molecular flexibility index (Phi) is 3.28. The number of H-pyrrole nitrogens is 1. The van der Waals surface area contributed by atoms with Crippen molar-refractivity contribution in [2.24, 2.45) is 0 Å². The summed E-state index contributed by atoms with van der Waals surface area (Å²) in [4.78, 5) is 17.7. The van der Waals surface area contributed by atoms with Gasteiger partial charge in [-0.3, -0.25) is 4.79 Å². The normalized spacial score (nSPS) is 11.4. The smallest absolute Gasteiger partial charge is 0.416 e. The Labute approximate surface area is 105 Å². The summed E-state index contributed by atoms with van der Waals surface area (Å²) in [5.41, 5.74) is -0.889. The molecule has 1 aromatic heterocycles. The third-order valence-electron chi connectivity index (χ3n) is 2.54. The van der Waals surface area contributed by atoms with Crippen molar-refractivity contribution in [2.45, 2.75) is 6.18 Å². The molecule has 19 heavy (non-hydrogen) atoms. The van der Waals surface area contributed by atoms with E-state index in [9.17, 15) is 18.0 Å². The highest BCUT2D eigenvalue weighted by atomic mass is 19.4. The van der Waals surface area contributed by atoms with Crippen LogP contribution in [0.4, 0.5) is 13.2 Å². The molecule has 0 fully saturated rings. The molecule has 0 saturated carbocycles. The van der Waals surface area contributed by atoms with Crippen LogP contribution >= 0.6 is 0 Å². The molecule has 1 N–H and O–H groups in total. The van der Waals surface area contributed by atoms with Gasteiger partial charge in [0.05, 0.1) is 24.6 Å². The molecule has 0 bridgehead atoms. The molecular weight excluding hydrogens is 261 g/mol. The number of ether oxygens (including phenoxy) is 1. The number of alkyl halides is 3. The minimum atomic E-state index is -4.47. The van der Waals surface area contributed by atoms with Gasteiger partial charge in [0, 0.05) is 11.8 Å². The molecule has 0 atom stereocenters. The van der Waals surface area contributed by atoms with E-state index >= 15 is 0 Å². The van der Waals surface area contributed by atoms with Gasteiger partial charge in [-0.05, 0) is 18.2 Å². The second-order valence-electron chi connectivity index (χ2n) is 3.71. The second kappa shape index (κ2) is 4.75. The number of aromatic nitrogens is 2. The SMILES string of the molecule is COc1cc(C(F)(F)F)ccc1-c1cnc[nH]c1=O. The molecule has 0 saturated heterocycles. The Hall–Kier alpha value is -2.31. The summed E-state index contributed by atoms with van der Waals surface area (Å²) in [5.74, 6) is -0.0340. The third-order valence-corrected chi connectivity index (χ3v) is 2.54. The van der Waals surface area contributed by atoms with Crippen molar-refractivity contribution in [1.82, 2.24) is 9.97 Å². The van der Waals surface area contributed by atoms with Crippen molar-refractivity contribution in [3.05, 3.63) is 46.6 Å². The summed E-state index contributed by atoms with van der Waals surface area (Å²) in [7, 11) is 1.24. The maximum Gasteiger partial charge on any atom is 0.416 e. The molecule has 2 rings (SSSR count). The molecule has 4 nitrogen and oxygen atoms in total. The minimum Gasteiger partial charge on any atom is -0.496 e.